The molecule has 1 N–H and O–H groups in total. The maximum absolute atomic E-state index is 12.7. The minimum Gasteiger partial charge on any atom is -0.441 e. The second-order valence-electron chi connectivity index (χ2n) is 7.72. The van der Waals surface area contributed by atoms with Crippen LogP contribution in [-0.2, 0) is 20.8 Å². The summed E-state index contributed by atoms with van der Waals surface area (Å²) < 4.78 is 11.3. The van der Waals surface area contributed by atoms with Crippen LogP contribution in [0.4, 0.5) is 4.79 Å². The molecule has 3 saturated heterocycles. The Kier molecular flexibility index (Phi) is 5.31. The van der Waals surface area contributed by atoms with Crippen molar-refractivity contribution < 1.29 is 19.1 Å². The van der Waals surface area contributed by atoms with E-state index in [4.69, 9.17) is 9.47 Å². The molecule has 7 heteroatoms. The summed E-state index contributed by atoms with van der Waals surface area (Å²) in [6, 6.07) is 10.4. The second-order valence-corrected chi connectivity index (χ2v) is 7.72. The van der Waals surface area contributed by atoms with Crippen LogP contribution in [0.1, 0.15) is 24.8 Å². The molecule has 0 radical (unpaired) electrons. The number of piperidine rings is 1. The fourth-order valence-corrected chi connectivity index (χ4v) is 4.16. The molecule has 0 unspecified atom stereocenters. The highest BCUT2D eigenvalue weighted by Gasteiger charge is 2.43. The molecule has 1 aromatic carbocycles. The Bertz CT molecular complexity index is 673. The van der Waals surface area contributed by atoms with E-state index in [9.17, 15) is 9.59 Å². The number of rotatable bonds is 4. The van der Waals surface area contributed by atoms with E-state index in [0.717, 1.165) is 19.6 Å². The van der Waals surface area contributed by atoms with Crippen molar-refractivity contribution >= 4 is 12.0 Å². The molecule has 3 aliphatic rings. The predicted molar refractivity (Wildman–Crippen MR) is 99.1 cm³/mol. The first-order chi connectivity index (χ1) is 13.1. The van der Waals surface area contributed by atoms with Crippen LogP contribution in [0.25, 0.3) is 0 Å². The van der Waals surface area contributed by atoms with E-state index >= 15 is 0 Å². The Morgan fingerprint density at radius 3 is 2.67 bits per heavy atom. The van der Waals surface area contributed by atoms with Gasteiger partial charge in [0.05, 0.1) is 25.7 Å². The number of carbonyl (C=O) groups is 2. The summed E-state index contributed by atoms with van der Waals surface area (Å²) in [4.78, 5) is 28.3. The number of nitrogens with one attached hydrogen (secondary N) is 1. The highest BCUT2D eigenvalue weighted by molar-refractivity contribution is 5.77. The van der Waals surface area contributed by atoms with Crippen molar-refractivity contribution in [2.45, 2.75) is 37.5 Å². The van der Waals surface area contributed by atoms with Gasteiger partial charge in [0.25, 0.3) is 0 Å². The molecule has 4 rings (SSSR count). The van der Waals surface area contributed by atoms with Gasteiger partial charge < -0.3 is 19.7 Å². The molecule has 146 valence electrons. The predicted octanol–water partition coefficient (Wildman–Crippen LogP) is 1.38. The fourth-order valence-electron chi connectivity index (χ4n) is 4.16. The summed E-state index contributed by atoms with van der Waals surface area (Å²) >= 11 is 0. The van der Waals surface area contributed by atoms with Crippen LogP contribution in [0.2, 0.25) is 0 Å². The van der Waals surface area contributed by atoms with E-state index in [-0.39, 0.29) is 18.1 Å². The van der Waals surface area contributed by atoms with Crippen molar-refractivity contribution in [3.05, 3.63) is 35.9 Å². The summed E-state index contributed by atoms with van der Waals surface area (Å²) in [5.41, 5.74) is 0.868. The van der Waals surface area contributed by atoms with Gasteiger partial charge in [0.15, 0.2) is 0 Å². The van der Waals surface area contributed by atoms with Crippen LogP contribution in [0, 0.1) is 0 Å². The summed E-state index contributed by atoms with van der Waals surface area (Å²) in [5.74, 6) is 0.133. The number of alkyl carbamates (subject to hydrolysis) is 1. The molecule has 0 aromatic heterocycles. The summed E-state index contributed by atoms with van der Waals surface area (Å²) in [7, 11) is 0. The van der Waals surface area contributed by atoms with Crippen LogP contribution in [0.15, 0.2) is 30.3 Å². The van der Waals surface area contributed by atoms with Gasteiger partial charge in [-0.15, -0.1) is 0 Å². The van der Waals surface area contributed by atoms with Crippen molar-refractivity contribution in [1.29, 1.82) is 0 Å². The van der Waals surface area contributed by atoms with Crippen LogP contribution >= 0.6 is 0 Å². The molecule has 1 atom stereocenters. The number of nitrogens with zero attached hydrogens (tertiary/aromatic N) is 2. The van der Waals surface area contributed by atoms with Gasteiger partial charge in [-0.2, -0.15) is 0 Å². The smallest absolute Gasteiger partial charge is 0.407 e. The van der Waals surface area contributed by atoms with Gasteiger partial charge in [0.2, 0.25) is 5.91 Å². The number of hydrogen-bond acceptors (Lipinski definition) is 5. The lowest BCUT2D eigenvalue weighted by atomic mass is 9.91. The van der Waals surface area contributed by atoms with Gasteiger partial charge in [0, 0.05) is 45.6 Å². The largest absolute Gasteiger partial charge is 0.441 e. The van der Waals surface area contributed by atoms with E-state index in [0.29, 0.717) is 45.5 Å². The molecular formula is C20H27N3O4. The Labute approximate surface area is 159 Å². The van der Waals surface area contributed by atoms with Gasteiger partial charge in [-0.25, -0.2) is 4.79 Å². The van der Waals surface area contributed by atoms with E-state index < -0.39 is 5.60 Å². The molecule has 1 aromatic rings. The SMILES string of the molecule is O=C1NCC2(CCN(C(=O)C[C@@H]3CN(Cc4ccccc4)CCO3)CC2)O1. The normalized spacial score (nSPS) is 25.3. The zero-order valence-corrected chi connectivity index (χ0v) is 15.6. The van der Waals surface area contributed by atoms with Gasteiger partial charge >= 0.3 is 6.09 Å². The first-order valence-electron chi connectivity index (χ1n) is 9.74. The molecular weight excluding hydrogens is 346 g/mol. The third-order valence-electron chi connectivity index (χ3n) is 5.77. The molecule has 7 nitrogen and oxygen atoms in total. The summed E-state index contributed by atoms with van der Waals surface area (Å²) in [5, 5.41) is 2.72. The quantitative estimate of drug-likeness (QED) is 0.863. The molecule has 0 aliphatic carbocycles. The maximum Gasteiger partial charge on any atom is 0.407 e. The van der Waals surface area contributed by atoms with Crippen molar-refractivity contribution in [2.75, 3.05) is 39.3 Å². The van der Waals surface area contributed by atoms with Crippen LogP contribution < -0.4 is 5.32 Å². The average molecular weight is 373 g/mol. The third-order valence-corrected chi connectivity index (χ3v) is 5.77. The lowest BCUT2D eigenvalue weighted by Crippen LogP contribution is -2.50. The maximum atomic E-state index is 12.7. The van der Waals surface area contributed by atoms with E-state index in [1.54, 1.807) is 0 Å². The standard InChI is InChI=1S/C20H27N3O4/c24-18(23-8-6-20(7-9-23)15-21-19(25)27-20)12-17-14-22(10-11-26-17)13-16-4-2-1-3-5-16/h1-5,17H,6-15H2,(H,21,25)/t17-/m1/s1. The van der Waals surface area contributed by atoms with Gasteiger partial charge in [0.1, 0.15) is 5.60 Å². The summed E-state index contributed by atoms with van der Waals surface area (Å²) in [6.07, 6.45) is 1.41. The van der Waals surface area contributed by atoms with Gasteiger partial charge in [-0.3, -0.25) is 9.69 Å². The average Bonchev–Trinajstić information content (AvgIpc) is 3.03. The molecule has 3 aliphatic heterocycles. The van der Waals surface area contributed by atoms with E-state index in [1.807, 2.05) is 11.0 Å². The van der Waals surface area contributed by atoms with E-state index in [1.165, 1.54) is 5.56 Å². The lowest BCUT2D eigenvalue weighted by Gasteiger charge is -2.38. The zero-order chi connectivity index (χ0) is 18.7. The number of carbonyl (C=O) groups excluding carboxylic acids is 2. The molecule has 3 heterocycles. The van der Waals surface area contributed by atoms with Crippen LogP contribution in [0.3, 0.4) is 0 Å². The Hall–Kier alpha value is -2.12. The first kappa shape index (κ1) is 18.3. The van der Waals surface area contributed by atoms with Crippen LogP contribution in [-0.4, -0.2) is 72.8 Å². The molecule has 1 spiro atoms. The van der Waals surface area contributed by atoms with Crippen molar-refractivity contribution in [2.24, 2.45) is 0 Å². The minimum absolute atomic E-state index is 0.0585. The number of ether oxygens (including phenoxy) is 2. The number of likely N-dealkylation sites (tertiary alicyclic amines) is 1. The minimum atomic E-state index is -0.415. The first-order valence-corrected chi connectivity index (χ1v) is 9.74. The Morgan fingerprint density at radius 1 is 1.19 bits per heavy atom. The third kappa shape index (κ3) is 4.42. The number of morpholine rings is 1. The fraction of sp³-hybridized carbons (Fsp3) is 0.600. The van der Waals surface area contributed by atoms with Crippen molar-refractivity contribution in [1.82, 2.24) is 15.1 Å². The molecule has 0 bridgehead atoms. The van der Waals surface area contributed by atoms with Crippen LogP contribution in [0.5, 0.6) is 0 Å². The van der Waals surface area contributed by atoms with Crippen molar-refractivity contribution in [3.63, 3.8) is 0 Å². The highest BCUT2D eigenvalue weighted by atomic mass is 16.6. The zero-order valence-electron chi connectivity index (χ0n) is 15.6. The molecule has 27 heavy (non-hydrogen) atoms. The molecule has 3 fully saturated rings. The number of hydrogen-bond donors (Lipinski definition) is 1. The number of amides is 2. The second kappa shape index (κ2) is 7.86. The number of benzene rings is 1. The monoisotopic (exact) mass is 373 g/mol. The van der Waals surface area contributed by atoms with Gasteiger partial charge in [-0.05, 0) is 5.56 Å². The lowest BCUT2D eigenvalue weighted by molar-refractivity contribution is -0.139. The summed E-state index contributed by atoms with van der Waals surface area (Å²) in [6.45, 7) is 5.04. The molecule has 0 saturated carbocycles. The van der Waals surface area contributed by atoms with Crippen molar-refractivity contribution in [3.8, 4) is 0 Å². The topological polar surface area (TPSA) is 71.1 Å². The Balaban J connectivity index is 1.25. The Morgan fingerprint density at radius 2 is 1.96 bits per heavy atom. The molecule has 2 amide bonds. The van der Waals surface area contributed by atoms with Gasteiger partial charge in [-0.1, -0.05) is 30.3 Å². The van der Waals surface area contributed by atoms with E-state index in [2.05, 4.69) is 34.5 Å². The highest BCUT2D eigenvalue weighted by Crippen LogP contribution is 2.29.